The van der Waals surface area contributed by atoms with Gasteiger partial charge in [0.15, 0.2) is 0 Å². The number of halogens is 1. The lowest BCUT2D eigenvalue weighted by Gasteiger charge is -2.33. The monoisotopic (exact) mass is 397 g/mol. The van der Waals surface area contributed by atoms with Crippen molar-refractivity contribution in [2.75, 3.05) is 30.8 Å². The van der Waals surface area contributed by atoms with Crippen LogP contribution < -0.4 is 10.6 Å². The number of amides is 1. The molecule has 0 aliphatic carbocycles. The van der Waals surface area contributed by atoms with Gasteiger partial charge in [-0.15, -0.1) is 11.6 Å². The van der Waals surface area contributed by atoms with Gasteiger partial charge in [-0.3, -0.25) is 0 Å². The number of anilines is 1. The van der Waals surface area contributed by atoms with Crippen molar-refractivity contribution in [1.82, 2.24) is 10.2 Å². The minimum absolute atomic E-state index is 0.219. The number of aliphatic hydroxyl groups excluding tert-OH is 1. The summed E-state index contributed by atoms with van der Waals surface area (Å²) in [6.45, 7) is 8.34. The predicted molar refractivity (Wildman–Crippen MR) is 109 cm³/mol. The van der Waals surface area contributed by atoms with Crippen molar-refractivity contribution in [2.45, 2.75) is 57.9 Å². The molecule has 1 unspecified atom stereocenters. The van der Waals surface area contributed by atoms with Crippen LogP contribution in [0.15, 0.2) is 24.3 Å². The zero-order chi connectivity index (χ0) is 19.9. The van der Waals surface area contributed by atoms with E-state index in [0.717, 1.165) is 38.2 Å². The van der Waals surface area contributed by atoms with Crippen molar-refractivity contribution < 1.29 is 14.6 Å². The van der Waals surface area contributed by atoms with E-state index in [2.05, 4.69) is 22.8 Å². The lowest BCUT2D eigenvalue weighted by atomic mass is 10.0. The molecule has 0 radical (unpaired) electrons. The van der Waals surface area contributed by atoms with Crippen molar-refractivity contribution in [3.05, 3.63) is 29.8 Å². The molecule has 1 amide bonds. The molecule has 3 N–H and O–H groups in total. The molecule has 1 atom stereocenters. The molecule has 0 aromatic heterocycles. The molecule has 1 aliphatic heterocycles. The van der Waals surface area contributed by atoms with E-state index in [9.17, 15) is 9.90 Å². The van der Waals surface area contributed by atoms with Gasteiger partial charge in [0.05, 0.1) is 12.0 Å². The summed E-state index contributed by atoms with van der Waals surface area (Å²) >= 11 is 5.59. The topological polar surface area (TPSA) is 73.8 Å². The first-order valence-corrected chi connectivity index (χ1v) is 10.1. The molecule has 152 valence electrons. The van der Waals surface area contributed by atoms with Crippen LogP contribution in [-0.4, -0.2) is 59.4 Å². The van der Waals surface area contributed by atoms with Crippen molar-refractivity contribution >= 4 is 23.4 Å². The molecule has 0 spiro atoms. The standard InChI is InChI=1S/C20H32ClN3O3/c1-20(2,3)27-19(26)24-10-8-17(9-11-24)22-13-15-4-6-16(7-5-15)23-14-18(25)12-21/h4-7,17-18,22-23,25H,8-14H2,1-3H3. The first-order chi connectivity index (χ1) is 12.8. The SMILES string of the molecule is CC(C)(C)OC(=O)N1CCC(NCc2ccc(NCC(O)CCl)cc2)CC1. The van der Waals surface area contributed by atoms with Crippen LogP contribution >= 0.6 is 11.6 Å². The Hall–Kier alpha value is -1.50. The summed E-state index contributed by atoms with van der Waals surface area (Å²) in [5.74, 6) is 0.224. The van der Waals surface area contributed by atoms with Crippen LogP contribution in [0.2, 0.25) is 0 Å². The summed E-state index contributed by atoms with van der Waals surface area (Å²) < 4.78 is 5.43. The molecule has 1 aromatic carbocycles. The van der Waals surface area contributed by atoms with Gasteiger partial charge in [-0.25, -0.2) is 4.79 Å². The Morgan fingerprint density at radius 1 is 1.30 bits per heavy atom. The average Bonchev–Trinajstić information content (AvgIpc) is 2.64. The molecule has 2 rings (SSSR count). The fourth-order valence-corrected chi connectivity index (χ4v) is 2.99. The Bertz CT molecular complexity index is 581. The number of carbonyl (C=O) groups excluding carboxylic acids is 1. The van der Waals surface area contributed by atoms with E-state index in [0.29, 0.717) is 12.6 Å². The maximum atomic E-state index is 12.1. The van der Waals surface area contributed by atoms with Crippen molar-refractivity contribution in [3.63, 3.8) is 0 Å². The third kappa shape index (κ3) is 7.95. The number of benzene rings is 1. The number of aliphatic hydroxyl groups is 1. The smallest absolute Gasteiger partial charge is 0.410 e. The predicted octanol–water partition coefficient (Wildman–Crippen LogP) is 3.19. The molecule has 1 fully saturated rings. The minimum Gasteiger partial charge on any atom is -0.444 e. The van der Waals surface area contributed by atoms with Gasteiger partial charge >= 0.3 is 6.09 Å². The molecule has 6 nitrogen and oxygen atoms in total. The Kier molecular flexibility index (Phi) is 8.20. The Balaban J connectivity index is 1.70. The van der Waals surface area contributed by atoms with E-state index in [1.165, 1.54) is 5.56 Å². The van der Waals surface area contributed by atoms with E-state index < -0.39 is 11.7 Å². The highest BCUT2D eigenvalue weighted by Gasteiger charge is 2.26. The van der Waals surface area contributed by atoms with E-state index in [1.54, 1.807) is 4.90 Å². The van der Waals surface area contributed by atoms with Crippen LogP contribution in [-0.2, 0) is 11.3 Å². The van der Waals surface area contributed by atoms with E-state index >= 15 is 0 Å². The van der Waals surface area contributed by atoms with Gasteiger partial charge in [0.2, 0.25) is 0 Å². The van der Waals surface area contributed by atoms with E-state index in [4.69, 9.17) is 16.3 Å². The summed E-state index contributed by atoms with van der Waals surface area (Å²) in [7, 11) is 0. The number of nitrogens with one attached hydrogen (secondary N) is 2. The largest absolute Gasteiger partial charge is 0.444 e. The number of carbonyl (C=O) groups is 1. The lowest BCUT2D eigenvalue weighted by molar-refractivity contribution is 0.0198. The van der Waals surface area contributed by atoms with Gasteiger partial charge in [0, 0.05) is 37.9 Å². The fraction of sp³-hybridized carbons (Fsp3) is 0.650. The number of alkyl halides is 1. The van der Waals surface area contributed by atoms with Gasteiger partial charge in [0.1, 0.15) is 5.60 Å². The fourth-order valence-electron chi connectivity index (χ4n) is 2.89. The zero-order valence-electron chi connectivity index (χ0n) is 16.5. The quantitative estimate of drug-likeness (QED) is 0.616. The molecule has 1 aliphatic rings. The molecule has 0 bridgehead atoms. The second-order valence-corrected chi connectivity index (χ2v) is 8.32. The van der Waals surface area contributed by atoms with Crippen LogP contribution in [0.4, 0.5) is 10.5 Å². The number of piperidine rings is 1. The van der Waals surface area contributed by atoms with Gasteiger partial charge in [-0.05, 0) is 51.3 Å². The van der Waals surface area contributed by atoms with Crippen LogP contribution in [0.3, 0.4) is 0 Å². The zero-order valence-corrected chi connectivity index (χ0v) is 17.3. The second kappa shape index (κ2) is 10.2. The number of hydrogen-bond donors (Lipinski definition) is 3. The Morgan fingerprint density at radius 2 is 1.93 bits per heavy atom. The van der Waals surface area contributed by atoms with Gasteiger partial charge < -0.3 is 25.4 Å². The summed E-state index contributed by atoms with van der Waals surface area (Å²) in [5, 5.41) is 16.2. The highest BCUT2D eigenvalue weighted by Crippen LogP contribution is 2.16. The molecule has 1 saturated heterocycles. The molecule has 1 heterocycles. The maximum absolute atomic E-state index is 12.1. The molecule has 27 heavy (non-hydrogen) atoms. The summed E-state index contributed by atoms with van der Waals surface area (Å²) in [6.07, 6.45) is 1.09. The van der Waals surface area contributed by atoms with Crippen molar-refractivity contribution in [1.29, 1.82) is 0 Å². The van der Waals surface area contributed by atoms with Crippen molar-refractivity contribution in [3.8, 4) is 0 Å². The van der Waals surface area contributed by atoms with Gasteiger partial charge in [-0.1, -0.05) is 12.1 Å². The van der Waals surface area contributed by atoms with Crippen LogP contribution in [0.25, 0.3) is 0 Å². The highest BCUT2D eigenvalue weighted by molar-refractivity contribution is 6.18. The third-order valence-corrected chi connectivity index (χ3v) is 4.77. The Morgan fingerprint density at radius 3 is 2.48 bits per heavy atom. The van der Waals surface area contributed by atoms with Crippen LogP contribution in [0, 0.1) is 0 Å². The number of likely N-dealkylation sites (tertiary alicyclic amines) is 1. The summed E-state index contributed by atoms with van der Waals surface area (Å²) in [4.78, 5) is 13.9. The van der Waals surface area contributed by atoms with Crippen LogP contribution in [0.1, 0.15) is 39.2 Å². The normalized spacial score (nSPS) is 16.9. The molecule has 7 heteroatoms. The maximum Gasteiger partial charge on any atom is 0.410 e. The second-order valence-electron chi connectivity index (χ2n) is 8.01. The highest BCUT2D eigenvalue weighted by atomic mass is 35.5. The minimum atomic E-state index is -0.542. The first-order valence-electron chi connectivity index (χ1n) is 9.55. The third-order valence-electron chi connectivity index (χ3n) is 4.42. The summed E-state index contributed by atoms with van der Waals surface area (Å²) in [6, 6.07) is 8.54. The number of nitrogens with zero attached hydrogens (tertiary/aromatic N) is 1. The number of ether oxygens (including phenoxy) is 1. The molecule has 0 saturated carbocycles. The molecular formula is C20H32ClN3O3. The molecule has 1 aromatic rings. The average molecular weight is 398 g/mol. The van der Waals surface area contributed by atoms with Gasteiger partial charge in [0.25, 0.3) is 0 Å². The van der Waals surface area contributed by atoms with Crippen molar-refractivity contribution in [2.24, 2.45) is 0 Å². The number of rotatable bonds is 7. The van der Waals surface area contributed by atoms with E-state index in [-0.39, 0.29) is 12.0 Å². The van der Waals surface area contributed by atoms with Gasteiger partial charge in [-0.2, -0.15) is 0 Å². The van der Waals surface area contributed by atoms with Crippen LogP contribution in [0.5, 0.6) is 0 Å². The number of hydrogen-bond acceptors (Lipinski definition) is 5. The summed E-state index contributed by atoms with van der Waals surface area (Å²) in [5.41, 5.74) is 1.72. The molecular weight excluding hydrogens is 366 g/mol. The van der Waals surface area contributed by atoms with E-state index in [1.807, 2.05) is 32.9 Å². The Labute approximate surface area is 167 Å². The first kappa shape index (κ1) is 21.8. The lowest BCUT2D eigenvalue weighted by Crippen LogP contribution is -2.46.